The second-order valence-corrected chi connectivity index (χ2v) is 2.76. The third-order valence-electron chi connectivity index (χ3n) is 1.23. The Morgan fingerprint density at radius 2 is 2.36 bits per heavy atom. The van der Waals surface area contributed by atoms with Gasteiger partial charge in [0.25, 0.3) is 0 Å². The molecule has 0 atom stereocenters. The molecular weight excluding hydrogens is 138 g/mol. The minimum absolute atomic E-state index is 0.0105. The lowest BCUT2D eigenvalue weighted by Gasteiger charge is -2.00. The zero-order valence-corrected chi connectivity index (χ0v) is 7.14. The first-order valence-electron chi connectivity index (χ1n) is 4.09. The van der Waals surface area contributed by atoms with E-state index in [1.807, 2.05) is 13.8 Å². The normalized spacial score (nSPS) is 13.5. The van der Waals surface area contributed by atoms with Crippen molar-refractivity contribution in [1.82, 2.24) is 0 Å². The largest absolute Gasteiger partial charge is 0.293 e. The van der Waals surface area contributed by atoms with E-state index in [9.17, 15) is 4.79 Å². The molecule has 0 aliphatic carbocycles. The Balaban J connectivity index is 4.49. The smallest absolute Gasteiger partial charge is 0.173 e. The summed E-state index contributed by atoms with van der Waals surface area (Å²) in [5.41, 5.74) is -0.0105. The number of hydrogen-bond donors (Lipinski definition) is 0. The number of nitriles is 1. The van der Waals surface area contributed by atoms with Gasteiger partial charge in [-0.3, -0.25) is 4.79 Å². The molecular formula is C9H13NO. The molecule has 0 aliphatic heterocycles. The zero-order valence-electron chi connectivity index (χ0n) is 8.14. The molecule has 0 radical (unpaired) electrons. The number of carbonyl (C=O) groups is 1. The summed E-state index contributed by atoms with van der Waals surface area (Å²) in [6.07, 6.45) is 0.346. The van der Waals surface area contributed by atoms with E-state index in [4.69, 9.17) is 6.63 Å². The van der Waals surface area contributed by atoms with Crippen molar-refractivity contribution in [3.8, 4) is 6.07 Å². The number of rotatable bonds is 3. The molecule has 0 saturated carbocycles. The minimum atomic E-state index is -0.222. The number of Topliss-reactive ketones (excluding diaryl/α,β-unsaturated/α-hetero) is 1. The van der Waals surface area contributed by atoms with Crippen molar-refractivity contribution in [2.45, 2.75) is 27.2 Å². The Kier molecular flexibility index (Phi) is 3.40. The Morgan fingerprint density at radius 3 is 2.64 bits per heavy atom. The molecule has 2 heteroatoms. The summed E-state index contributed by atoms with van der Waals surface area (Å²) in [5, 5.41) is 8.53. The predicted molar refractivity (Wildman–Crippen MR) is 43.8 cm³/mol. The van der Waals surface area contributed by atoms with Crippen LogP contribution in [-0.4, -0.2) is 5.78 Å². The summed E-state index contributed by atoms with van der Waals surface area (Å²) in [5.74, 6) is 0.0141. The quantitative estimate of drug-likeness (QED) is 0.459. The van der Waals surface area contributed by atoms with Crippen LogP contribution >= 0.6 is 0 Å². The lowest BCUT2D eigenvalue weighted by Crippen LogP contribution is -2.04. The number of nitrogens with zero attached hydrogens (tertiary/aromatic N) is 1. The van der Waals surface area contributed by atoms with Crippen molar-refractivity contribution >= 4 is 5.78 Å². The van der Waals surface area contributed by atoms with Gasteiger partial charge in [-0.05, 0) is 12.8 Å². The average Bonchev–Trinajstić information content (AvgIpc) is 1.85. The third-order valence-corrected chi connectivity index (χ3v) is 1.23. The van der Waals surface area contributed by atoms with Crippen LogP contribution in [0.5, 0.6) is 0 Å². The van der Waals surface area contributed by atoms with Crippen LogP contribution in [0.15, 0.2) is 11.6 Å². The number of carbonyl (C=O) groups excluding carboxylic acids is 1. The number of ketones is 1. The highest BCUT2D eigenvalue weighted by atomic mass is 16.1. The van der Waals surface area contributed by atoms with E-state index in [2.05, 4.69) is 0 Å². The van der Waals surface area contributed by atoms with E-state index in [1.54, 1.807) is 6.07 Å². The Labute approximate surface area is 68.9 Å². The fraction of sp³-hybridized carbons (Fsp3) is 0.556. The van der Waals surface area contributed by atoms with Crippen molar-refractivity contribution in [2.24, 2.45) is 5.92 Å². The zero-order chi connectivity index (χ0) is 9.72. The number of allylic oxidation sites excluding steroid dienone is 2. The van der Waals surface area contributed by atoms with Gasteiger partial charge in [-0.25, -0.2) is 0 Å². The molecule has 0 saturated heterocycles. The molecule has 0 spiro atoms. The monoisotopic (exact) mass is 152 g/mol. The Bertz CT molecular complexity index is 244. The van der Waals surface area contributed by atoms with Crippen LogP contribution in [0.3, 0.4) is 0 Å². The summed E-state index contributed by atoms with van der Waals surface area (Å²) in [6.45, 7) is 5.27. The molecule has 2 nitrogen and oxygen atoms in total. The highest BCUT2D eigenvalue weighted by molar-refractivity contribution is 5.98. The lowest BCUT2D eigenvalue weighted by molar-refractivity contribution is -0.115. The van der Waals surface area contributed by atoms with E-state index in [1.165, 1.54) is 6.92 Å². The molecule has 0 N–H and O–H groups in total. The average molecular weight is 152 g/mol. The third kappa shape index (κ3) is 3.57. The van der Waals surface area contributed by atoms with Crippen LogP contribution in [0.25, 0.3) is 0 Å². The van der Waals surface area contributed by atoms with Crippen LogP contribution < -0.4 is 0 Å². The molecule has 0 heterocycles. The van der Waals surface area contributed by atoms with Gasteiger partial charge in [0, 0.05) is 6.42 Å². The molecule has 0 bridgehead atoms. The van der Waals surface area contributed by atoms with Crippen molar-refractivity contribution in [1.29, 1.82) is 5.26 Å². The second-order valence-electron chi connectivity index (χ2n) is 2.76. The molecule has 0 fully saturated rings. The first kappa shape index (κ1) is 8.00. The Morgan fingerprint density at radius 1 is 1.82 bits per heavy atom. The van der Waals surface area contributed by atoms with Crippen molar-refractivity contribution < 1.29 is 6.17 Å². The van der Waals surface area contributed by atoms with Crippen LogP contribution in [0.1, 0.15) is 28.6 Å². The SMILES string of the molecule is [2H]/C(C)=C(/C#N)C(=O)CC(C)C. The summed E-state index contributed by atoms with van der Waals surface area (Å²) in [6, 6.07) is 1.81. The van der Waals surface area contributed by atoms with Gasteiger partial charge in [0.1, 0.15) is 6.07 Å². The van der Waals surface area contributed by atoms with Crippen LogP contribution in [0.2, 0.25) is 0 Å². The molecule has 0 aliphatic rings. The Hall–Kier alpha value is -1.10. The van der Waals surface area contributed by atoms with E-state index < -0.39 is 0 Å². The van der Waals surface area contributed by atoms with Gasteiger partial charge in [0.15, 0.2) is 5.78 Å². The van der Waals surface area contributed by atoms with Gasteiger partial charge in [-0.15, -0.1) is 0 Å². The molecule has 0 aromatic heterocycles. The van der Waals surface area contributed by atoms with E-state index in [0.29, 0.717) is 6.42 Å². The van der Waals surface area contributed by atoms with Gasteiger partial charge >= 0.3 is 0 Å². The van der Waals surface area contributed by atoms with Crippen molar-refractivity contribution in [2.75, 3.05) is 0 Å². The van der Waals surface area contributed by atoms with E-state index in [0.717, 1.165) is 0 Å². The van der Waals surface area contributed by atoms with Crippen molar-refractivity contribution in [3.63, 3.8) is 0 Å². The minimum Gasteiger partial charge on any atom is -0.293 e. The molecule has 0 aromatic carbocycles. The molecule has 0 aromatic rings. The van der Waals surface area contributed by atoms with Gasteiger partial charge in [0.05, 0.1) is 6.94 Å². The molecule has 0 amide bonds. The molecule has 0 unspecified atom stereocenters. The maximum absolute atomic E-state index is 11.2. The maximum Gasteiger partial charge on any atom is 0.173 e. The van der Waals surface area contributed by atoms with E-state index in [-0.39, 0.29) is 23.3 Å². The summed E-state index contributed by atoms with van der Waals surface area (Å²) in [7, 11) is 0. The second kappa shape index (κ2) is 4.68. The van der Waals surface area contributed by atoms with Gasteiger partial charge < -0.3 is 0 Å². The first-order valence-corrected chi connectivity index (χ1v) is 3.59. The lowest BCUT2D eigenvalue weighted by atomic mass is 10.0. The highest BCUT2D eigenvalue weighted by Crippen LogP contribution is 2.06. The highest BCUT2D eigenvalue weighted by Gasteiger charge is 2.08. The predicted octanol–water partition coefficient (Wildman–Crippen LogP) is 2.07. The number of hydrogen-bond acceptors (Lipinski definition) is 2. The van der Waals surface area contributed by atoms with Crippen LogP contribution in [0, 0.1) is 17.2 Å². The molecule has 0 rings (SSSR count). The van der Waals surface area contributed by atoms with E-state index >= 15 is 0 Å². The standard InChI is InChI=1S/C9H13NO/c1-4-8(6-10)9(11)5-7(2)3/h4,7H,5H2,1-3H3/b8-4+/i4D. The topological polar surface area (TPSA) is 40.9 Å². The maximum atomic E-state index is 11.2. The van der Waals surface area contributed by atoms with Gasteiger partial charge in [-0.1, -0.05) is 19.9 Å². The fourth-order valence-electron chi connectivity index (χ4n) is 0.731. The fourth-order valence-corrected chi connectivity index (χ4v) is 0.731. The first-order chi connectivity index (χ1) is 5.49. The summed E-state index contributed by atoms with van der Waals surface area (Å²) >= 11 is 0. The van der Waals surface area contributed by atoms with Crippen molar-refractivity contribution in [3.05, 3.63) is 11.6 Å². The molecule has 11 heavy (non-hydrogen) atoms. The summed E-state index contributed by atoms with van der Waals surface area (Å²) < 4.78 is 7.15. The van der Waals surface area contributed by atoms with Crippen LogP contribution in [0.4, 0.5) is 0 Å². The van der Waals surface area contributed by atoms with Gasteiger partial charge in [-0.2, -0.15) is 5.26 Å². The van der Waals surface area contributed by atoms with Gasteiger partial charge in [0.2, 0.25) is 0 Å². The molecule has 60 valence electrons. The summed E-state index contributed by atoms with van der Waals surface area (Å²) in [4.78, 5) is 11.2. The van der Waals surface area contributed by atoms with Crippen LogP contribution in [-0.2, 0) is 4.79 Å².